The molecule has 0 saturated carbocycles. The zero-order valence-corrected chi connectivity index (χ0v) is 21.2. The van der Waals surface area contributed by atoms with Crippen LogP contribution in [0.2, 0.25) is 0 Å². The largest absolute Gasteiger partial charge is 0.458 e. The van der Waals surface area contributed by atoms with E-state index in [-0.39, 0.29) is 18.4 Å². The maximum absolute atomic E-state index is 13.2. The highest BCUT2D eigenvalue weighted by molar-refractivity contribution is 5.83. The molecule has 2 atom stereocenters. The number of aryl methyl sites for hydroxylation is 3. The fourth-order valence-electron chi connectivity index (χ4n) is 4.84. The number of amides is 1. The van der Waals surface area contributed by atoms with Crippen LogP contribution in [0.1, 0.15) is 56.9 Å². The molecule has 2 N–H and O–H groups in total. The molecule has 3 aromatic carbocycles. The van der Waals surface area contributed by atoms with E-state index in [1.165, 1.54) is 5.56 Å². The molecule has 0 radical (unpaired) electrons. The van der Waals surface area contributed by atoms with E-state index in [0.717, 1.165) is 38.8 Å². The third-order valence-electron chi connectivity index (χ3n) is 6.77. The molecule has 0 fully saturated rings. The highest BCUT2D eigenvalue weighted by Gasteiger charge is 2.20. The summed E-state index contributed by atoms with van der Waals surface area (Å²) >= 11 is 0. The number of furan rings is 1. The molecule has 2 heterocycles. The predicted molar refractivity (Wildman–Crippen MR) is 145 cm³/mol. The lowest BCUT2D eigenvalue weighted by atomic mass is 9.93. The molecule has 0 bridgehead atoms. The molecule has 5 rings (SSSR count). The van der Waals surface area contributed by atoms with Gasteiger partial charge in [-0.2, -0.15) is 0 Å². The number of fused-ring (bicyclic) bond motifs is 1. The second kappa shape index (κ2) is 10.4. The smallest absolute Gasteiger partial charge is 0.225 e. The van der Waals surface area contributed by atoms with E-state index in [2.05, 4.69) is 42.3 Å². The first-order valence-corrected chi connectivity index (χ1v) is 12.4. The number of aromatic nitrogens is 1. The van der Waals surface area contributed by atoms with Crippen LogP contribution in [-0.4, -0.2) is 16.0 Å². The van der Waals surface area contributed by atoms with E-state index >= 15 is 0 Å². The number of nitrogens with zero attached hydrogens (tertiary/aromatic N) is 1. The molecule has 2 aromatic heterocycles. The number of hydrogen-bond acceptors (Lipinski definition) is 4. The fourth-order valence-corrected chi connectivity index (χ4v) is 4.84. The Morgan fingerprint density at radius 1 is 0.919 bits per heavy atom. The average Bonchev–Trinajstić information content (AvgIpc) is 3.32. The lowest BCUT2D eigenvalue weighted by molar-refractivity contribution is -0.120. The van der Waals surface area contributed by atoms with Crippen molar-refractivity contribution < 1.29 is 14.3 Å². The molecule has 5 nitrogen and oxygen atoms in total. The van der Waals surface area contributed by atoms with Crippen LogP contribution in [0, 0.1) is 20.8 Å². The summed E-state index contributed by atoms with van der Waals surface area (Å²) in [6, 6.07) is 25.4. The third kappa shape index (κ3) is 5.32. The van der Waals surface area contributed by atoms with Gasteiger partial charge in [-0.15, -0.1) is 0 Å². The summed E-state index contributed by atoms with van der Waals surface area (Å²) in [4.78, 5) is 17.3. The second-order valence-electron chi connectivity index (χ2n) is 9.60. The van der Waals surface area contributed by atoms with Gasteiger partial charge in [-0.3, -0.25) is 9.78 Å². The van der Waals surface area contributed by atoms with Gasteiger partial charge in [0.1, 0.15) is 17.4 Å². The van der Waals surface area contributed by atoms with Gasteiger partial charge in [0.25, 0.3) is 0 Å². The number of carbonyl (C=O) groups excluding carboxylic acids is 1. The van der Waals surface area contributed by atoms with E-state index < -0.39 is 6.10 Å². The Kier molecular flexibility index (Phi) is 6.89. The first-order valence-electron chi connectivity index (χ1n) is 12.4. The van der Waals surface area contributed by atoms with Crippen LogP contribution in [0.15, 0.2) is 95.7 Å². The van der Waals surface area contributed by atoms with Crippen LogP contribution in [-0.2, 0) is 11.2 Å². The van der Waals surface area contributed by atoms with Crippen molar-refractivity contribution >= 4 is 16.9 Å². The molecule has 37 heavy (non-hydrogen) atoms. The van der Waals surface area contributed by atoms with Gasteiger partial charge >= 0.3 is 0 Å². The van der Waals surface area contributed by atoms with Gasteiger partial charge in [0, 0.05) is 17.8 Å². The van der Waals surface area contributed by atoms with Crippen molar-refractivity contribution in [1.82, 2.24) is 10.3 Å². The molecule has 0 aliphatic rings. The van der Waals surface area contributed by atoms with Crippen LogP contribution in [0.5, 0.6) is 0 Å². The normalized spacial score (nSPS) is 12.9. The summed E-state index contributed by atoms with van der Waals surface area (Å²) in [6.07, 6.45) is 2.73. The molecule has 0 aliphatic heterocycles. The van der Waals surface area contributed by atoms with Crippen LogP contribution in [0.4, 0.5) is 0 Å². The number of nitrogens with one attached hydrogen (secondary N) is 1. The number of pyridine rings is 1. The van der Waals surface area contributed by atoms with E-state index in [1.807, 2.05) is 61.5 Å². The average molecular weight is 491 g/mol. The Morgan fingerprint density at radius 3 is 2.49 bits per heavy atom. The molecule has 0 spiro atoms. The summed E-state index contributed by atoms with van der Waals surface area (Å²) in [5, 5.41) is 15.0. The maximum atomic E-state index is 13.2. The van der Waals surface area contributed by atoms with Crippen molar-refractivity contribution in [3.8, 4) is 0 Å². The van der Waals surface area contributed by atoms with E-state index in [0.29, 0.717) is 11.3 Å². The summed E-state index contributed by atoms with van der Waals surface area (Å²) in [5.74, 6) is 0.397. The minimum atomic E-state index is -0.883. The Labute approximate surface area is 216 Å². The second-order valence-corrected chi connectivity index (χ2v) is 9.60. The molecule has 2 unspecified atom stereocenters. The topological polar surface area (TPSA) is 75.4 Å². The van der Waals surface area contributed by atoms with Gasteiger partial charge in [-0.05, 0) is 78.4 Å². The SMILES string of the molecule is Cc1ccc(C(NC(=O)Cc2ccc3oc(C(O)c4ccncc4C)cc3c2)c2ccccc2)c(C)c1. The van der Waals surface area contributed by atoms with Gasteiger partial charge in [0.2, 0.25) is 5.91 Å². The Bertz CT molecular complexity index is 1560. The van der Waals surface area contributed by atoms with Crippen LogP contribution < -0.4 is 5.32 Å². The van der Waals surface area contributed by atoms with Gasteiger partial charge < -0.3 is 14.8 Å². The quantitative estimate of drug-likeness (QED) is 0.281. The third-order valence-corrected chi connectivity index (χ3v) is 6.77. The maximum Gasteiger partial charge on any atom is 0.225 e. The number of hydrogen-bond donors (Lipinski definition) is 2. The molecular formula is C32H30N2O3. The lowest BCUT2D eigenvalue weighted by Gasteiger charge is -2.22. The Morgan fingerprint density at radius 2 is 1.73 bits per heavy atom. The number of aliphatic hydroxyl groups excluding tert-OH is 1. The van der Waals surface area contributed by atoms with Crippen LogP contribution in [0.3, 0.4) is 0 Å². The minimum Gasteiger partial charge on any atom is -0.458 e. The van der Waals surface area contributed by atoms with Gasteiger partial charge in [-0.1, -0.05) is 60.2 Å². The predicted octanol–water partition coefficient (Wildman–Crippen LogP) is 6.28. The van der Waals surface area contributed by atoms with Crippen molar-refractivity contribution in [2.24, 2.45) is 0 Å². The molecule has 5 heteroatoms. The van der Waals surface area contributed by atoms with Crippen LogP contribution in [0.25, 0.3) is 11.0 Å². The number of aliphatic hydroxyl groups is 1. The Balaban J connectivity index is 1.37. The lowest BCUT2D eigenvalue weighted by Crippen LogP contribution is -2.31. The van der Waals surface area contributed by atoms with Crippen molar-refractivity contribution in [3.63, 3.8) is 0 Å². The number of rotatable bonds is 7. The van der Waals surface area contributed by atoms with E-state index in [1.54, 1.807) is 18.5 Å². The molecule has 5 aromatic rings. The molecule has 0 aliphatic carbocycles. The number of carbonyl (C=O) groups is 1. The summed E-state index contributed by atoms with van der Waals surface area (Å²) in [5.41, 5.74) is 7.65. The molecule has 186 valence electrons. The van der Waals surface area contributed by atoms with E-state index in [9.17, 15) is 9.90 Å². The zero-order valence-electron chi connectivity index (χ0n) is 21.2. The van der Waals surface area contributed by atoms with Crippen molar-refractivity contribution in [3.05, 3.63) is 136 Å². The minimum absolute atomic E-state index is 0.0654. The van der Waals surface area contributed by atoms with Crippen molar-refractivity contribution in [2.45, 2.75) is 39.3 Å². The first-order chi connectivity index (χ1) is 17.9. The molecule has 0 saturated heterocycles. The Hall–Kier alpha value is -4.22. The highest BCUT2D eigenvalue weighted by Crippen LogP contribution is 2.30. The fraction of sp³-hybridized carbons (Fsp3) is 0.188. The van der Waals surface area contributed by atoms with E-state index in [4.69, 9.17) is 4.42 Å². The standard InChI is InChI=1S/C32H30N2O3/c1-20-9-11-26(21(2)15-20)31(24-7-5-4-6-8-24)34-30(35)17-23-10-12-28-25(16-23)18-29(37-28)32(36)27-13-14-33-19-22(27)3/h4-16,18-19,31-32,36H,17H2,1-3H3,(H,34,35). The highest BCUT2D eigenvalue weighted by atomic mass is 16.4. The summed E-state index contributed by atoms with van der Waals surface area (Å²) in [7, 11) is 0. The molecular weight excluding hydrogens is 460 g/mol. The van der Waals surface area contributed by atoms with Gasteiger partial charge in [-0.25, -0.2) is 0 Å². The van der Waals surface area contributed by atoms with Crippen molar-refractivity contribution in [2.75, 3.05) is 0 Å². The zero-order chi connectivity index (χ0) is 25.9. The summed E-state index contributed by atoms with van der Waals surface area (Å²) < 4.78 is 5.93. The number of benzene rings is 3. The van der Waals surface area contributed by atoms with Crippen molar-refractivity contribution in [1.29, 1.82) is 0 Å². The monoisotopic (exact) mass is 490 g/mol. The first kappa shape index (κ1) is 24.5. The van der Waals surface area contributed by atoms with Gasteiger partial charge in [0.05, 0.1) is 12.5 Å². The summed E-state index contributed by atoms with van der Waals surface area (Å²) in [6.45, 7) is 6.06. The van der Waals surface area contributed by atoms with Gasteiger partial charge in [0.15, 0.2) is 0 Å². The molecule has 1 amide bonds. The van der Waals surface area contributed by atoms with Crippen LogP contribution >= 0.6 is 0 Å².